The summed E-state index contributed by atoms with van der Waals surface area (Å²) in [4.78, 5) is 32.3. The van der Waals surface area contributed by atoms with E-state index in [9.17, 15) is 27.9 Å². The number of imidazole rings is 1. The fourth-order valence-corrected chi connectivity index (χ4v) is 5.18. The van der Waals surface area contributed by atoms with E-state index in [0.717, 1.165) is 28.4 Å². The number of aryl methyl sites for hydroxylation is 1. The van der Waals surface area contributed by atoms with Gasteiger partial charge in [-0.05, 0) is 61.2 Å². The molecular formula is C27H25F3N4O4. The van der Waals surface area contributed by atoms with Crippen molar-refractivity contribution >= 4 is 18.1 Å². The van der Waals surface area contributed by atoms with Crippen molar-refractivity contribution in [3.05, 3.63) is 82.7 Å². The molecule has 0 aliphatic carbocycles. The Labute approximate surface area is 216 Å². The summed E-state index contributed by atoms with van der Waals surface area (Å²) in [5, 5.41) is 9.60. The number of nitrogens with zero attached hydrogens (tertiary/aromatic N) is 4. The second-order valence-corrected chi connectivity index (χ2v) is 9.43. The SMILES string of the molecule is COc1cc(C=C2CC[C@@H]3CN(C(=O)O)C[C@@H](c4cc(F)c(F)c(F)c4)N3C2=O)ccc1-n1cnc(C)c1. The van der Waals surface area contributed by atoms with Gasteiger partial charge in [0, 0.05) is 24.9 Å². The van der Waals surface area contributed by atoms with E-state index in [1.807, 2.05) is 29.8 Å². The van der Waals surface area contributed by atoms with Gasteiger partial charge in [0.1, 0.15) is 5.75 Å². The van der Waals surface area contributed by atoms with Crippen LogP contribution in [0.5, 0.6) is 5.75 Å². The fraction of sp³-hybridized carbons (Fsp3) is 0.296. The third-order valence-electron chi connectivity index (χ3n) is 7.01. The summed E-state index contributed by atoms with van der Waals surface area (Å²) in [7, 11) is 1.55. The lowest BCUT2D eigenvalue weighted by Gasteiger charge is -2.48. The number of carboxylic acid groups (broad SMARTS) is 1. The topological polar surface area (TPSA) is 87.9 Å². The van der Waals surface area contributed by atoms with Crippen molar-refractivity contribution in [1.29, 1.82) is 0 Å². The Morgan fingerprint density at radius 3 is 2.53 bits per heavy atom. The van der Waals surface area contributed by atoms with Gasteiger partial charge in [0.2, 0.25) is 0 Å². The van der Waals surface area contributed by atoms with Gasteiger partial charge in [-0.3, -0.25) is 4.79 Å². The molecule has 5 rings (SSSR count). The summed E-state index contributed by atoms with van der Waals surface area (Å²) in [5.41, 5.74) is 2.79. The maximum Gasteiger partial charge on any atom is 0.407 e. The lowest BCUT2D eigenvalue weighted by molar-refractivity contribution is -0.138. The molecule has 11 heteroatoms. The smallest absolute Gasteiger partial charge is 0.407 e. The third-order valence-corrected chi connectivity index (χ3v) is 7.01. The number of aromatic nitrogens is 2. The maximum absolute atomic E-state index is 14.1. The Balaban J connectivity index is 1.49. The first-order valence-electron chi connectivity index (χ1n) is 12.0. The van der Waals surface area contributed by atoms with Crippen molar-refractivity contribution < 1.29 is 32.6 Å². The summed E-state index contributed by atoms with van der Waals surface area (Å²) >= 11 is 0. The minimum atomic E-state index is -1.62. The van der Waals surface area contributed by atoms with Gasteiger partial charge in [-0.25, -0.2) is 22.9 Å². The second-order valence-electron chi connectivity index (χ2n) is 9.43. The van der Waals surface area contributed by atoms with Crippen LogP contribution in [0.1, 0.15) is 35.7 Å². The van der Waals surface area contributed by atoms with Crippen LogP contribution in [0.2, 0.25) is 0 Å². The number of benzene rings is 2. The van der Waals surface area contributed by atoms with E-state index in [1.165, 1.54) is 4.90 Å². The van der Waals surface area contributed by atoms with Crippen LogP contribution in [0.15, 0.2) is 48.4 Å². The van der Waals surface area contributed by atoms with Gasteiger partial charge in [0.25, 0.3) is 5.91 Å². The molecule has 2 aliphatic heterocycles. The van der Waals surface area contributed by atoms with Gasteiger partial charge in [-0.2, -0.15) is 0 Å². The molecule has 1 aromatic heterocycles. The highest BCUT2D eigenvalue weighted by Crippen LogP contribution is 2.38. The summed E-state index contributed by atoms with van der Waals surface area (Å²) in [6, 6.07) is 5.64. The molecule has 0 saturated carbocycles. The van der Waals surface area contributed by atoms with Gasteiger partial charge >= 0.3 is 6.09 Å². The van der Waals surface area contributed by atoms with Crippen LogP contribution in [-0.4, -0.2) is 62.7 Å². The lowest BCUT2D eigenvalue weighted by atomic mass is 9.89. The molecule has 2 aliphatic rings. The average Bonchev–Trinajstić information content (AvgIpc) is 3.33. The zero-order valence-corrected chi connectivity index (χ0v) is 20.7. The fourth-order valence-electron chi connectivity index (χ4n) is 5.18. The maximum atomic E-state index is 14.1. The molecule has 3 heterocycles. The molecule has 0 spiro atoms. The molecule has 2 saturated heterocycles. The number of hydrogen-bond acceptors (Lipinski definition) is 4. The highest BCUT2D eigenvalue weighted by Gasteiger charge is 2.43. The van der Waals surface area contributed by atoms with E-state index in [1.54, 1.807) is 25.6 Å². The monoisotopic (exact) mass is 526 g/mol. The standard InChI is InChI=1S/C27H25F3N4O4/c1-15-11-33(14-31-15)22-6-3-16(8-24(22)38-2)7-17-4-5-19-12-32(27(36)37)13-23(34(19)26(17)35)18-9-20(28)25(30)21(29)10-18/h3,6-11,14,19,23H,4-5,12-13H2,1-2H3,(H,36,37)/t19-,23+/m1/s1. The van der Waals surface area contributed by atoms with Crippen molar-refractivity contribution in [3.8, 4) is 11.4 Å². The number of halogens is 3. The van der Waals surface area contributed by atoms with Crippen LogP contribution in [-0.2, 0) is 4.79 Å². The Hall–Kier alpha value is -4.28. The van der Waals surface area contributed by atoms with Crippen LogP contribution >= 0.6 is 0 Å². The van der Waals surface area contributed by atoms with Gasteiger partial charge in [-0.1, -0.05) is 6.07 Å². The molecule has 8 nitrogen and oxygen atoms in total. The normalized spacial score (nSPS) is 20.6. The molecule has 198 valence electrons. The van der Waals surface area contributed by atoms with Crippen molar-refractivity contribution in [2.45, 2.75) is 31.8 Å². The third kappa shape index (κ3) is 4.59. The highest BCUT2D eigenvalue weighted by atomic mass is 19.2. The van der Waals surface area contributed by atoms with E-state index in [4.69, 9.17) is 4.74 Å². The van der Waals surface area contributed by atoms with E-state index >= 15 is 0 Å². The highest BCUT2D eigenvalue weighted by molar-refractivity contribution is 5.99. The van der Waals surface area contributed by atoms with Crippen LogP contribution in [0.3, 0.4) is 0 Å². The molecule has 0 radical (unpaired) electrons. The Bertz CT molecular complexity index is 1430. The molecule has 3 aromatic rings. The van der Waals surface area contributed by atoms with Crippen LogP contribution in [0, 0.1) is 24.4 Å². The molecule has 2 aromatic carbocycles. The predicted molar refractivity (Wildman–Crippen MR) is 131 cm³/mol. The number of amides is 2. The minimum absolute atomic E-state index is 0.00593. The summed E-state index contributed by atoms with van der Waals surface area (Å²) in [5.74, 6) is -4.21. The molecule has 38 heavy (non-hydrogen) atoms. The number of carbonyl (C=O) groups excluding carboxylic acids is 1. The van der Waals surface area contributed by atoms with E-state index < -0.39 is 35.6 Å². The van der Waals surface area contributed by atoms with Crippen molar-refractivity contribution in [2.75, 3.05) is 20.2 Å². The molecule has 1 N–H and O–H groups in total. The van der Waals surface area contributed by atoms with Crippen LogP contribution in [0.25, 0.3) is 11.8 Å². The second kappa shape index (κ2) is 9.88. The minimum Gasteiger partial charge on any atom is -0.495 e. The number of methoxy groups -OCH3 is 1. The average molecular weight is 527 g/mol. The summed E-state index contributed by atoms with van der Waals surface area (Å²) in [6.45, 7) is 1.76. The van der Waals surface area contributed by atoms with Crippen LogP contribution in [0.4, 0.5) is 18.0 Å². The quantitative estimate of drug-likeness (QED) is 0.393. The summed E-state index contributed by atoms with van der Waals surface area (Å²) in [6.07, 6.45) is 4.90. The Kier molecular flexibility index (Phi) is 6.60. The summed E-state index contributed by atoms with van der Waals surface area (Å²) < 4.78 is 49.2. The van der Waals surface area contributed by atoms with E-state index in [-0.39, 0.29) is 24.6 Å². The predicted octanol–water partition coefficient (Wildman–Crippen LogP) is 4.72. The molecule has 0 unspecified atom stereocenters. The lowest BCUT2D eigenvalue weighted by Crippen LogP contribution is -2.59. The number of carbonyl (C=O) groups is 2. The molecule has 2 amide bonds. The van der Waals surface area contributed by atoms with E-state index in [2.05, 4.69) is 4.98 Å². The van der Waals surface area contributed by atoms with Gasteiger partial charge in [0.05, 0.1) is 36.9 Å². The number of hydrogen-bond donors (Lipinski definition) is 1. The number of piperazine rings is 1. The first-order valence-corrected chi connectivity index (χ1v) is 12.0. The largest absolute Gasteiger partial charge is 0.495 e. The van der Waals surface area contributed by atoms with Crippen molar-refractivity contribution in [3.63, 3.8) is 0 Å². The van der Waals surface area contributed by atoms with Gasteiger partial charge in [-0.15, -0.1) is 0 Å². The van der Waals surface area contributed by atoms with E-state index in [0.29, 0.717) is 29.7 Å². The zero-order valence-electron chi connectivity index (χ0n) is 20.7. The number of fused-ring (bicyclic) bond motifs is 1. The van der Waals surface area contributed by atoms with Gasteiger partial charge in [0.15, 0.2) is 17.5 Å². The molecular weight excluding hydrogens is 501 g/mol. The molecule has 2 atom stereocenters. The van der Waals surface area contributed by atoms with Crippen LogP contribution < -0.4 is 4.74 Å². The van der Waals surface area contributed by atoms with Crippen molar-refractivity contribution in [2.24, 2.45) is 0 Å². The zero-order chi connectivity index (χ0) is 27.1. The molecule has 0 bridgehead atoms. The number of piperidine rings is 1. The number of ether oxygens (including phenoxy) is 1. The molecule has 2 fully saturated rings. The first-order chi connectivity index (χ1) is 18.2. The Morgan fingerprint density at radius 1 is 1.16 bits per heavy atom. The first kappa shape index (κ1) is 25.4. The Morgan fingerprint density at radius 2 is 1.89 bits per heavy atom. The van der Waals surface area contributed by atoms with Gasteiger partial charge < -0.3 is 24.2 Å². The van der Waals surface area contributed by atoms with Crippen molar-refractivity contribution in [1.82, 2.24) is 19.4 Å². The number of rotatable bonds is 4.